The zero-order chi connectivity index (χ0) is 22.8. The van der Waals surface area contributed by atoms with Gasteiger partial charge < -0.3 is 10.2 Å². The minimum absolute atomic E-state index is 0.108. The number of rotatable bonds is 4. The molecule has 2 saturated heterocycles. The third kappa shape index (κ3) is 3.31. The van der Waals surface area contributed by atoms with Gasteiger partial charge in [-0.15, -0.1) is 0 Å². The van der Waals surface area contributed by atoms with Gasteiger partial charge in [-0.2, -0.15) is 0 Å². The number of hydrogen-bond donors (Lipinski definition) is 2. The summed E-state index contributed by atoms with van der Waals surface area (Å²) in [6.45, 7) is 16.7. The van der Waals surface area contributed by atoms with Crippen molar-refractivity contribution in [3.63, 3.8) is 0 Å². The number of piperidine rings is 2. The Balaban J connectivity index is 2.71. The van der Waals surface area contributed by atoms with Crippen LogP contribution >= 0.6 is 0 Å². The maximum absolute atomic E-state index is 13.0. The lowest BCUT2D eigenvalue weighted by molar-refractivity contribution is -0.204. The summed E-state index contributed by atoms with van der Waals surface area (Å²) in [7, 11) is 4.00. The highest BCUT2D eigenvalue weighted by Crippen LogP contribution is 2.58. The second-order valence-electron chi connectivity index (χ2n) is 11.7. The van der Waals surface area contributed by atoms with Crippen molar-refractivity contribution in [1.82, 2.24) is 9.80 Å². The Morgan fingerprint density at radius 2 is 1.00 bits per heavy atom. The molecule has 2 unspecified atom stereocenters. The molecule has 2 rings (SSSR count). The minimum Gasteiger partial charge on any atom is -0.480 e. The summed E-state index contributed by atoms with van der Waals surface area (Å²) >= 11 is 0. The first-order chi connectivity index (χ1) is 12.9. The number of nitrogens with zero attached hydrogens (tertiary/aromatic N) is 2. The molecule has 0 radical (unpaired) electrons. The van der Waals surface area contributed by atoms with Crippen LogP contribution in [-0.2, 0) is 9.59 Å². The summed E-state index contributed by atoms with van der Waals surface area (Å²) < 4.78 is 0. The molecule has 2 heterocycles. The summed E-state index contributed by atoms with van der Waals surface area (Å²) in [5.74, 6) is -3.38. The third-order valence-electron chi connectivity index (χ3n) is 9.15. The largest absolute Gasteiger partial charge is 0.480 e. The average molecular weight is 411 g/mol. The lowest BCUT2D eigenvalue weighted by atomic mass is 9.50. The van der Waals surface area contributed by atoms with Gasteiger partial charge in [-0.1, -0.05) is 0 Å². The van der Waals surface area contributed by atoms with Crippen LogP contribution in [0.25, 0.3) is 0 Å². The molecule has 0 aromatic carbocycles. The van der Waals surface area contributed by atoms with Crippen molar-refractivity contribution in [2.75, 3.05) is 14.1 Å². The Morgan fingerprint density at radius 3 is 1.24 bits per heavy atom. The third-order valence-corrected chi connectivity index (χ3v) is 9.15. The molecule has 6 nitrogen and oxygen atoms in total. The maximum Gasteiger partial charge on any atom is 0.321 e. The van der Waals surface area contributed by atoms with E-state index in [1.807, 2.05) is 41.8 Å². The number of aliphatic carboxylic acids is 2. The lowest BCUT2D eigenvalue weighted by Gasteiger charge is -2.63. The van der Waals surface area contributed by atoms with Gasteiger partial charge in [-0.25, -0.2) is 0 Å². The van der Waals surface area contributed by atoms with Crippen molar-refractivity contribution in [1.29, 1.82) is 0 Å². The van der Waals surface area contributed by atoms with Crippen LogP contribution in [0, 0.1) is 17.3 Å². The SMILES string of the molecule is CN1C(C)(C)CCC(C(C(=O)O)(C(=O)O)C2CCC(C)(C)N(C)C2(C)C)C1(C)C. The Bertz CT molecular complexity index is 622. The Morgan fingerprint density at radius 1 is 0.724 bits per heavy atom. The van der Waals surface area contributed by atoms with Crippen molar-refractivity contribution < 1.29 is 19.8 Å². The van der Waals surface area contributed by atoms with E-state index in [0.29, 0.717) is 12.8 Å². The molecule has 2 atom stereocenters. The van der Waals surface area contributed by atoms with Crippen LogP contribution in [0.4, 0.5) is 0 Å². The zero-order valence-electron chi connectivity index (χ0n) is 20.1. The van der Waals surface area contributed by atoms with E-state index in [4.69, 9.17) is 0 Å². The summed E-state index contributed by atoms with van der Waals surface area (Å²) in [4.78, 5) is 30.3. The fourth-order valence-corrected chi connectivity index (χ4v) is 6.56. The summed E-state index contributed by atoms with van der Waals surface area (Å²) in [6.07, 6.45) is 2.72. The standard InChI is InChI=1S/C23H42N2O4/c1-19(2)13-11-15(21(5,6)24(19)9)23(17(26)27,18(28)29)16-12-14-20(3,4)25(10)22(16,7)8/h15-16H,11-14H2,1-10H3,(H,26,27)(H,28,29). The zero-order valence-corrected chi connectivity index (χ0v) is 20.1. The van der Waals surface area contributed by atoms with Crippen LogP contribution in [0.15, 0.2) is 0 Å². The molecule has 29 heavy (non-hydrogen) atoms. The van der Waals surface area contributed by atoms with Crippen molar-refractivity contribution in [2.24, 2.45) is 17.3 Å². The molecule has 0 spiro atoms. The monoisotopic (exact) mass is 410 g/mol. The van der Waals surface area contributed by atoms with Crippen LogP contribution in [0.5, 0.6) is 0 Å². The van der Waals surface area contributed by atoms with E-state index in [-0.39, 0.29) is 11.1 Å². The van der Waals surface area contributed by atoms with Gasteiger partial charge in [-0.05, 0) is 95.2 Å². The van der Waals surface area contributed by atoms with Gasteiger partial charge in [0.15, 0.2) is 5.41 Å². The fraction of sp³-hybridized carbons (Fsp3) is 0.913. The normalized spacial score (nSPS) is 31.9. The van der Waals surface area contributed by atoms with Gasteiger partial charge in [0, 0.05) is 34.0 Å². The number of likely N-dealkylation sites (tertiary alicyclic amines) is 2. The summed E-state index contributed by atoms with van der Waals surface area (Å²) in [5, 5.41) is 21.2. The second kappa shape index (κ2) is 6.94. The molecule has 0 aromatic heterocycles. The minimum atomic E-state index is -1.84. The second-order valence-corrected chi connectivity index (χ2v) is 11.7. The average Bonchev–Trinajstić information content (AvgIpc) is 2.55. The Hall–Kier alpha value is -1.14. The number of hydrogen-bond acceptors (Lipinski definition) is 4. The van der Waals surface area contributed by atoms with Crippen LogP contribution in [-0.4, -0.2) is 68.2 Å². The van der Waals surface area contributed by atoms with Crippen LogP contribution in [0.2, 0.25) is 0 Å². The van der Waals surface area contributed by atoms with Crippen molar-refractivity contribution >= 4 is 11.9 Å². The van der Waals surface area contributed by atoms with E-state index in [1.54, 1.807) is 0 Å². The highest BCUT2D eigenvalue weighted by atomic mass is 16.4. The summed E-state index contributed by atoms with van der Waals surface area (Å²) in [6, 6.07) is 0. The van der Waals surface area contributed by atoms with Gasteiger partial charge >= 0.3 is 11.9 Å². The van der Waals surface area contributed by atoms with E-state index >= 15 is 0 Å². The van der Waals surface area contributed by atoms with Crippen molar-refractivity contribution in [2.45, 2.75) is 103 Å². The quantitative estimate of drug-likeness (QED) is 0.683. The molecule has 2 fully saturated rings. The van der Waals surface area contributed by atoms with Crippen LogP contribution in [0.1, 0.15) is 81.1 Å². The van der Waals surface area contributed by atoms with Crippen LogP contribution < -0.4 is 0 Å². The maximum atomic E-state index is 13.0. The molecular weight excluding hydrogens is 368 g/mol. The van der Waals surface area contributed by atoms with E-state index in [9.17, 15) is 19.8 Å². The van der Waals surface area contributed by atoms with E-state index < -0.39 is 40.3 Å². The molecule has 0 saturated carbocycles. The first-order valence-electron chi connectivity index (χ1n) is 10.8. The smallest absolute Gasteiger partial charge is 0.321 e. The van der Waals surface area contributed by atoms with Gasteiger partial charge in [0.05, 0.1) is 0 Å². The van der Waals surface area contributed by atoms with Crippen LogP contribution in [0.3, 0.4) is 0 Å². The van der Waals surface area contributed by atoms with Gasteiger partial charge in [0.25, 0.3) is 0 Å². The molecule has 0 bridgehead atoms. The molecular formula is C23H42N2O4. The number of carboxylic acids is 2. The molecule has 2 aliphatic rings. The first-order valence-corrected chi connectivity index (χ1v) is 10.8. The van der Waals surface area contributed by atoms with E-state index in [2.05, 4.69) is 37.5 Å². The Labute approximate surface area is 176 Å². The first kappa shape index (κ1) is 24.1. The predicted molar refractivity (Wildman–Crippen MR) is 115 cm³/mol. The summed E-state index contributed by atoms with van der Waals surface area (Å²) in [5.41, 5.74) is -3.20. The Kier molecular flexibility index (Phi) is 5.78. The molecule has 0 aromatic rings. The van der Waals surface area contributed by atoms with Gasteiger partial charge in [-0.3, -0.25) is 19.4 Å². The highest BCUT2D eigenvalue weighted by Gasteiger charge is 2.68. The van der Waals surface area contributed by atoms with Gasteiger partial charge in [0.2, 0.25) is 0 Å². The molecule has 2 aliphatic heterocycles. The topological polar surface area (TPSA) is 81.1 Å². The van der Waals surface area contributed by atoms with E-state index in [0.717, 1.165) is 12.8 Å². The molecule has 6 heteroatoms. The molecule has 168 valence electrons. The highest BCUT2D eigenvalue weighted by molar-refractivity contribution is 5.99. The van der Waals surface area contributed by atoms with Gasteiger partial charge in [0.1, 0.15) is 0 Å². The number of carboxylic acid groups (broad SMARTS) is 2. The fourth-order valence-electron chi connectivity index (χ4n) is 6.56. The molecule has 0 aliphatic carbocycles. The molecule has 0 amide bonds. The predicted octanol–water partition coefficient (Wildman–Crippen LogP) is 3.94. The lowest BCUT2D eigenvalue weighted by Crippen LogP contribution is -2.72. The number of carbonyl (C=O) groups is 2. The molecule has 2 N–H and O–H groups in total. The van der Waals surface area contributed by atoms with Crippen molar-refractivity contribution in [3.05, 3.63) is 0 Å². The van der Waals surface area contributed by atoms with Crippen molar-refractivity contribution in [3.8, 4) is 0 Å². The van der Waals surface area contributed by atoms with E-state index in [1.165, 1.54) is 0 Å².